The fourth-order valence-electron chi connectivity index (χ4n) is 2.35. The van der Waals surface area contributed by atoms with Gasteiger partial charge in [0.05, 0.1) is 16.5 Å². The quantitative estimate of drug-likeness (QED) is 0.489. The Labute approximate surface area is 165 Å². The molecule has 3 rings (SSSR count). The Hall–Kier alpha value is -1.89. The minimum absolute atomic E-state index is 0.179. The number of hydrogen-bond donors (Lipinski definition) is 0. The molecule has 2 aromatic carbocycles. The molecule has 2 amide bonds. The molecule has 0 aliphatic carbocycles. The SMILES string of the molecule is CSc1ccc(/C=C2\SC(=O)N(CCOc3ccccc3Cl)C2=O)cc1. The molecule has 1 fully saturated rings. The van der Waals surface area contributed by atoms with Crippen LogP contribution in [0, 0.1) is 0 Å². The monoisotopic (exact) mass is 405 g/mol. The van der Waals surface area contributed by atoms with E-state index in [0.717, 1.165) is 22.2 Å². The molecule has 0 radical (unpaired) electrons. The number of ether oxygens (including phenoxy) is 1. The van der Waals surface area contributed by atoms with Gasteiger partial charge < -0.3 is 4.74 Å². The van der Waals surface area contributed by atoms with Crippen molar-refractivity contribution in [3.63, 3.8) is 0 Å². The molecule has 0 N–H and O–H groups in total. The summed E-state index contributed by atoms with van der Waals surface area (Å²) in [4.78, 5) is 27.4. The maximum atomic E-state index is 12.5. The van der Waals surface area contributed by atoms with Crippen LogP contribution in [-0.4, -0.2) is 35.5 Å². The molecule has 134 valence electrons. The largest absolute Gasteiger partial charge is 0.490 e. The van der Waals surface area contributed by atoms with Crippen molar-refractivity contribution in [2.24, 2.45) is 0 Å². The topological polar surface area (TPSA) is 46.6 Å². The molecule has 4 nitrogen and oxygen atoms in total. The third kappa shape index (κ3) is 4.44. The Morgan fingerprint density at radius 1 is 1.15 bits per heavy atom. The number of rotatable bonds is 6. The summed E-state index contributed by atoms with van der Waals surface area (Å²) in [6.45, 7) is 0.371. The second-order valence-corrected chi connectivity index (χ2v) is 7.67. The zero-order valence-corrected chi connectivity index (χ0v) is 16.4. The lowest BCUT2D eigenvalue weighted by Gasteiger charge is -2.13. The van der Waals surface area contributed by atoms with Crippen LogP contribution in [0.2, 0.25) is 5.02 Å². The highest BCUT2D eigenvalue weighted by Crippen LogP contribution is 2.32. The summed E-state index contributed by atoms with van der Waals surface area (Å²) in [6, 6.07) is 14.9. The first-order valence-electron chi connectivity index (χ1n) is 7.85. The Bertz CT molecular complexity index is 852. The van der Waals surface area contributed by atoms with Gasteiger partial charge in [-0.2, -0.15) is 0 Å². The van der Waals surface area contributed by atoms with Gasteiger partial charge in [0.15, 0.2) is 0 Å². The maximum Gasteiger partial charge on any atom is 0.293 e. The van der Waals surface area contributed by atoms with E-state index in [1.165, 1.54) is 4.90 Å². The minimum atomic E-state index is -0.295. The van der Waals surface area contributed by atoms with Gasteiger partial charge in [0.25, 0.3) is 11.1 Å². The van der Waals surface area contributed by atoms with Crippen LogP contribution in [0.5, 0.6) is 5.75 Å². The van der Waals surface area contributed by atoms with Crippen LogP contribution in [0.1, 0.15) is 5.56 Å². The van der Waals surface area contributed by atoms with Crippen LogP contribution >= 0.6 is 35.1 Å². The molecule has 7 heteroatoms. The second-order valence-electron chi connectivity index (χ2n) is 5.39. The second kappa shape index (κ2) is 8.66. The van der Waals surface area contributed by atoms with E-state index in [2.05, 4.69) is 0 Å². The van der Waals surface area contributed by atoms with Crippen molar-refractivity contribution < 1.29 is 14.3 Å². The summed E-state index contributed by atoms with van der Waals surface area (Å²) in [7, 11) is 0. The third-order valence-corrected chi connectivity index (χ3v) is 5.66. The smallest absolute Gasteiger partial charge is 0.293 e. The van der Waals surface area contributed by atoms with Crippen molar-refractivity contribution in [3.05, 3.63) is 64.0 Å². The van der Waals surface area contributed by atoms with E-state index in [-0.39, 0.29) is 24.3 Å². The predicted octanol–water partition coefficient (Wildman–Crippen LogP) is 5.18. The van der Waals surface area contributed by atoms with Gasteiger partial charge in [-0.1, -0.05) is 35.9 Å². The van der Waals surface area contributed by atoms with Crippen LogP contribution in [0.3, 0.4) is 0 Å². The van der Waals surface area contributed by atoms with Crippen LogP contribution in [0.4, 0.5) is 4.79 Å². The van der Waals surface area contributed by atoms with Crippen LogP contribution in [0.25, 0.3) is 6.08 Å². The van der Waals surface area contributed by atoms with Crippen molar-refractivity contribution in [2.75, 3.05) is 19.4 Å². The molecule has 0 spiro atoms. The van der Waals surface area contributed by atoms with Gasteiger partial charge in [0.2, 0.25) is 0 Å². The molecule has 0 atom stereocenters. The normalized spacial score (nSPS) is 15.8. The molecule has 0 bridgehead atoms. The third-order valence-electron chi connectivity index (χ3n) is 3.70. The zero-order chi connectivity index (χ0) is 18.5. The molecule has 26 heavy (non-hydrogen) atoms. The lowest BCUT2D eigenvalue weighted by Crippen LogP contribution is -2.32. The Balaban J connectivity index is 1.63. The fraction of sp³-hybridized carbons (Fsp3) is 0.158. The summed E-state index contributed by atoms with van der Waals surface area (Å²) < 4.78 is 5.57. The molecule has 1 saturated heterocycles. The number of para-hydroxylation sites is 1. The minimum Gasteiger partial charge on any atom is -0.490 e. The summed E-state index contributed by atoms with van der Waals surface area (Å²) in [6.07, 6.45) is 3.75. The summed E-state index contributed by atoms with van der Waals surface area (Å²) in [5.74, 6) is 0.238. The summed E-state index contributed by atoms with van der Waals surface area (Å²) in [5.41, 5.74) is 0.889. The number of hydrogen-bond acceptors (Lipinski definition) is 5. The standard InChI is InChI=1S/C19H16ClNO3S2/c1-25-14-8-6-13(7-9-14)12-17-18(22)21(19(23)26-17)10-11-24-16-5-3-2-4-15(16)20/h2-9,12H,10-11H2,1H3/b17-12-. The first-order valence-corrected chi connectivity index (χ1v) is 10.3. The molecular formula is C19H16ClNO3S2. The first kappa shape index (κ1) is 18.9. The molecule has 0 saturated carbocycles. The van der Waals surface area contributed by atoms with E-state index in [0.29, 0.717) is 15.7 Å². The van der Waals surface area contributed by atoms with Crippen molar-refractivity contribution >= 4 is 52.3 Å². The van der Waals surface area contributed by atoms with Crippen LogP contribution in [0.15, 0.2) is 58.3 Å². The van der Waals surface area contributed by atoms with E-state index >= 15 is 0 Å². The molecular weight excluding hydrogens is 390 g/mol. The van der Waals surface area contributed by atoms with E-state index in [1.807, 2.05) is 42.7 Å². The molecule has 1 aliphatic heterocycles. The predicted molar refractivity (Wildman–Crippen MR) is 108 cm³/mol. The lowest BCUT2D eigenvalue weighted by atomic mass is 10.2. The fourth-order valence-corrected chi connectivity index (χ4v) is 3.82. The average molecular weight is 406 g/mol. The zero-order valence-electron chi connectivity index (χ0n) is 14.0. The van der Waals surface area contributed by atoms with Gasteiger partial charge >= 0.3 is 0 Å². The van der Waals surface area contributed by atoms with E-state index < -0.39 is 0 Å². The molecule has 1 heterocycles. The number of carbonyl (C=O) groups is 2. The number of halogens is 1. The van der Waals surface area contributed by atoms with Crippen LogP contribution in [-0.2, 0) is 4.79 Å². The highest BCUT2D eigenvalue weighted by atomic mass is 35.5. The number of imide groups is 1. The lowest BCUT2D eigenvalue weighted by molar-refractivity contribution is -0.123. The Kier molecular flexibility index (Phi) is 6.29. The van der Waals surface area contributed by atoms with Crippen molar-refractivity contribution in [2.45, 2.75) is 4.90 Å². The van der Waals surface area contributed by atoms with Crippen molar-refractivity contribution in [1.29, 1.82) is 0 Å². The number of benzene rings is 2. The van der Waals surface area contributed by atoms with Gasteiger partial charge in [0, 0.05) is 4.90 Å². The summed E-state index contributed by atoms with van der Waals surface area (Å²) >= 11 is 8.62. The van der Waals surface area contributed by atoms with Gasteiger partial charge in [-0.3, -0.25) is 14.5 Å². The highest BCUT2D eigenvalue weighted by Gasteiger charge is 2.34. The van der Waals surface area contributed by atoms with E-state index in [4.69, 9.17) is 16.3 Å². The number of nitrogens with zero attached hydrogens (tertiary/aromatic N) is 1. The van der Waals surface area contributed by atoms with Crippen molar-refractivity contribution in [3.8, 4) is 5.75 Å². The summed E-state index contributed by atoms with van der Waals surface area (Å²) in [5, 5.41) is 0.208. The number of thioether (sulfide) groups is 2. The van der Waals surface area contributed by atoms with Crippen molar-refractivity contribution in [1.82, 2.24) is 4.90 Å². The van der Waals surface area contributed by atoms with Gasteiger partial charge in [-0.05, 0) is 53.9 Å². The molecule has 1 aliphatic rings. The number of carbonyl (C=O) groups excluding carboxylic acids is 2. The first-order chi connectivity index (χ1) is 12.6. The van der Waals surface area contributed by atoms with E-state index in [1.54, 1.807) is 30.0 Å². The molecule has 0 unspecified atom stereocenters. The maximum absolute atomic E-state index is 12.5. The molecule has 0 aromatic heterocycles. The molecule has 2 aromatic rings. The Morgan fingerprint density at radius 3 is 2.58 bits per heavy atom. The highest BCUT2D eigenvalue weighted by molar-refractivity contribution is 8.18. The van der Waals surface area contributed by atoms with Crippen LogP contribution < -0.4 is 4.74 Å². The average Bonchev–Trinajstić information content (AvgIpc) is 2.91. The van der Waals surface area contributed by atoms with Gasteiger partial charge in [-0.25, -0.2) is 0 Å². The Morgan fingerprint density at radius 2 is 1.88 bits per heavy atom. The van der Waals surface area contributed by atoms with E-state index in [9.17, 15) is 9.59 Å². The van der Waals surface area contributed by atoms with Gasteiger partial charge in [-0.15, -0.1) is 11.8 Å². The number of amides is 2. The van der Waals surface area contributed by atoms with Gasteiger partial charge in [0.1, 0.15) is 12.4 Å².